The summed E-state index contributed by atoms with van der Waals surface area (Å²) in [6.07, 6.45) is 1.31. The third-order valence-electron chi connectivity index (χ3n) is 2.94. The number of hydrogen-bond acceptors (Lipinski definition) is 1. The molecule has 1 saturated heterocycles. The van der Waals surface area contributed by atoms with Crippen molar-refractivity contribution in [3.05, 3.63) is 35.9 Å². The van der Waals surface area contributed by atoms with Crippen molar-refractivity contribution < 1.29 is 0 Å². The number of hydrogen-bond donors (Lipinski definition) is 0. The lowest BCUT2D eigenvalue weighted by atomic mass is 10.0. The van der Waals surface area contributed by atoms with Crippen LogP contribution in [0, 0.1) is 5.92 Å². The van der Waals surface area contributed by atoms with Crippen molar-refractivity contribution in [1.82, 2.24) is 4.90 Å². The van der Waals surface area contributed by atoms with Crippen molar-refractivity contribution in [3.63, 3.8) is 0 Å². The zero-order valence-corrected chi connectivity index (χ0v) is 8.40. The van der Waals surface area contributed by atoms with Gasteiger partial charge in [-0.2, -0.15) is 0 Å². The van der Waals surface area contributed by atoms with Crippen molar-refractivity contribution in [2.24, 2.45) is 5.92 Å². The quantitative estimate of drug-likeness (QED) is 0.634. The van der Waals surface area contributed by atoms with E-state index in [4.69, 9.17) is 0 Å². The number of benzene rings is 1. The molecule has 1 nitrogen and oxygen atoms in total. The Bertz CT molecular complexity index is 268. The van der Waals surface area contributed by atoms with E-state index in [9.17, 15) is 0 Å². The Morgan fingerprint density at radius 3 is 2.46 bits per heavy atom. The molecule has 1 heteroatoms. The molecule has 2 unspecified atom stereocenters. The van der Waals surface area contributed by atoms with Gasteiger partial charge in [0.05, 0.1) is 0 Å². The molecule has 0 amide bonds. The highest BCUT2D eigenvalue weighted by Gasteiger charge is 2.27. The molecule has 1 aromatic rings. The van der Waals surface area contributed by atoms with Gasteiger partial charge in [-0.1, -0.05) is 37.3 Å². The molecule has 0 spiro atoms. The van der Waals surface area contributed by atoms with Crippen LogP contribution in [0.25, 0.3) is 0 Å². The molecule has 0 bridgehead atoms. The Morgan fingerprint density at radius 1 is 1.23 bits per heavy atom. The summed E-state index contributed by atoms with van der Waals surface area (Å²) >= 11 is 0. The maximum Gasteiger partial charge on any atom is 0.0348 e. The Morgan fingerprint density at radius 2 is 1.92 bits per heavy atom. The van der Waals surface area contributed by atoms with Crippen molar-refractivity contribution >= 4 is 0 Å². The third-order valence-corrected chi connectivity index (χ3v) is 2.94. The van der Waals surface area contributed by atoms with E-state index in [-0.39, 0.29) is 0 Å². The minimum Gasteiger partial charge on any atom is -0.299 e. The highest BCUT2D eigenvalue weighted by atomic mass is 15.2. The summed E-state index contributed by atoms with van der Waals surface area (Å²) in [6, 6.07) is 11.5. The maximum atomic E-state index is 2.46. The first kappa shape index (κ1) is 8.76. The normalized spacial score (nSPS) is 29.4. The monoisotopic (exact) mass is 175 g/mol. The van der Waals surface area contributed by atoms with E-state index in [1.807, 2.05) is 0 Å². The fourth-order valence-electron chi connectivity index (χ4n) is 2.32. The predicted molar refractivity (Wildman–Crippen MR) is 55.6 cm³/mol. The summed E-state index contributed by atoms with van der Waals surface area (Å²) in [6.45, 7) is 3.57. The molecule has 13 heavy (non-hydrogen) atoms. The molecular formula is C12H17N. The zero-order valence-electron chi connectivity index (χ0n) is 8.40. The smallest absolute Gasteiger partial charge is 0.0348 e. The fraction of sp³-hybridized carbons (Fsp3) is 0.500. The molecule has 1 fully saturated rings. The second-order valence-electron chi connectivity index (χ2n) is 4.21. The zero-order chi connectivity index (χ0) is 9.26. The van der Waals surface area contributed by atoms with Crippen LogP contribution in [0.4, 0.5) is 0 Å². The molecule has 1 heterocycles. The summed E-state index contributed by atoms with van der Waals surface area (Å²) < 4.78 is 0. The van der Waals surface area contributed by atoms with E-state index in [0.29, 0.717) is 6.04 Å². The summed E-state index contributed by atoms with van der Waals surface area (Å²) in [4.78, 5) is 2.46. The van der Waals surface area contributed by atoms with Gasteiger partial charge in [0, 0.05) is 12.6 Å². The van der Waals surface area contributed by atoms with E-state index in [1.165, 1.54) is 18.5 Å². The number of likely N-dealkylation sites (tertiary alicyclic amines) is 1. The van der Waals surface area contributed by atoms with Crippen LogP contribution in [0.3, 0.4) is 0 Å². The van der Waals surface area contributed by atoms with E-state index in [0.717, 1.165) is 5.92 Å². The maximum absolute atomic E-state index is 2.46. The predicted octanol–water partition coefficient (Wildman–Crippen LogP) is 2.70. The van der Waals surface area contributed by atoms with Gasteiger partial charge in [0.1, 0.15) is 0 Å². The van der Waals surface area contributed by atoms with Gasteiger partial charge >= 0.3 is 0 Å². The Hall–Kier alpha value is -0.820. The minimum absolute atomic E-state index is 0.649. The highest BCUT2D eigenvalue weighted by molar-refractivity contribution is 5.20. The van der Waals surface area contributed by atoms with Crippen molar-refractivity contribution in [3.8, 4) is 0 Å². The van der Waals surface area contributed by atoms with Crippen molar-refractivity contribution in [2.45, 2.75) is 19.4 Å². The standard InChI is InChI=1S/C12H17N/c1-10-8-12(13(2)9-10)11-6-4-3-5-7-11/h3-7,10,12H,8-9H2,1-2H3. The van der Waals surface area contributed by atoms with Crippen molar-refractivity contribution in [2.75, 3.05) is 13.6 Å². The van der Waals surface area contributed by atoms with Crippen LogP contribution in [0.2, 0.25) is 0 Å². The molecule has 0 aliphatic carbocycles. The van der Waals surface area contributed by atoms with E-state index in [1.54, 1.807) is 0 Å². The lowest BCUT2D eigenvalue weighted by Gasteiger charge is -2.19. The molecule has 2 rings (SSSR count). The third kappa shape index (κ3) is 1.75. The molecule has 1 aromatic carbocycles. The van der Waals surface area contributed by atoms with E-state index < -0.39 is 0 Å². The van der Waals surface area contributed by atoms with E-state index in [2.05, 4.69) is 49.2 Å². The molecule has 0 aromatic heterocycles. The lowest BCUT2D eigenvalue weighted by Crippen LogP contribution is -2.17. The Balaban J connectivity index is 2.18. The van der Waals surface area contributed by atoms with Crippen molar-refractivity contribution in [1.29, 1.82) is 0 Å². The molecule has 70 valence electrons. The Kier molecular flexibility index (Phi) is 2.36. The van der Waals surface area contributed by atoms with Gasteiger partial charge in [-0.25, -0.2) is 0 Å². The van der Waals surface area contributed by atoms with E-state index >= 15 is 0 Å². The van der Waals surface area contributed by atoms with Crippen LogP contribution in [-0.2, 0) is 0 Å². The average Bonchev–Trinajstić information content (AvgIpc) is 2.47. The molecule has 2 atom stereocenters. The first-order valence-electron chi connectivity index (χ1n) is 5.02. The molecule has 1 aliphatic rings. The van der Waals surface area contributed by atoms with Gasteiger partial charge in [0.25, 0.3) is 0 Å². The average molecular weight is 175 g/mol. The summed E-state index contributed by atoms with van der Waals surface area (Å²) in [5.74, 6) is 0.843. The molecule has 1 aliphatic heterocycles. The van der Waals surface area contributed by atoms with Crippen LogP contribution in [0.5, 0.6) is 0 Å². The SMILES string of the molecule is CC1CC(c2ccccc2)N(C)C1. The lowest BCUT2D eigenvalue weighted by molar-refractivity contribution is 0.314. The molecule has 0 radical (unpaired) electrons. The second kappa shape index (κ2) is 3.51. The summed E-state index contributed by atoms with van der Waals surface area (Å²) in [7, 11) is 2.22. The van der Waals surface area contributed by atoms with Crippen LogP contribution >= 0.6 is 0 Å². The first-order valence-corrected chi connectivity index (χ1v) is 5.02. The summed E-state index contributed by atoms with van der Waals surface area (Å²) in [5, 5.41) is 0. The van der Waals surface area contributed by atoms with Gasteiger partial charge in [-0.3, -0.25) is 4.90 Å². The molecular weight excluding hydrogens is 158 g/mol. The minimum atomic E-state index is 0.649. The van der Waals surface area contributed by atoms with Gasteiger partial charge in [-0.05, 0) is 24.9 Å². The Labute approximate surface area is 80.4 Å². The fourth-order valence-corrected chi connectivity index (χ4v) is 2.32. The number of rotatable bonds is 1. The van der Waals surface area contributed by atoms with Gasteiger partial charge in [0.2, 0.25) is 0 Å². The molecule has 0 N–H and O–H groups in total. The summed E-state index contributed by atoms with van der Waals surface area (Å²) in [5.41, 5.74) is 1.47. The van der Waals surface area contributed by atoms with Gasteiger partial charge < -0.3 is 0 Å². The van der Waals surface area contributed by atoms with Gasteiger partial charge in [0.15, 0.2) is 0 Å². The second-order valence-corrected chi connectivity index (χ2v) is 4.21. The highest BCUT2D eigenvalue weighted by Crippen LogP contribution is 2.33. The van der Waals surface area contributed by atoms with Crippen LogP contribution in [0.1, 0.15) is 24.9 Å². The largest absolute Gasteiger partial charge is 0.299 e. The number of nitrogens with zero attached hydrogens (tertiary/aromatic N) is 1. The topological polar surface area (TPSA) is 3.24 Å². The first-order chi connectivity index (χ1) is 6.27. The van der Waals surface area contributed by atoms with Crippen LogP contribution in [-0.4, -0.2) is 18.5 Å². The van der Waals surface area contributed by atoms with Gasteiger partial charge in [-0.15, -0.1) is 0 Å². The van der Waals surface area contributed by atoms with Crippen LogP contribution < -0.4 is 0 Å². The van der Waals surface area contributed by atoms with Crippen LogP contribution in [0.15, 0.2) is 30.3 Å². The molecule has 0 saturated carbocycles.